The fourth-order valence-corrected chi connectivity index (χ4v) is 3.09. The van der Waals surface area contributed by atoms with Gasteiger partial charge in [0, 0.05) is 10.9 Å². The van der Waals surface area contributed by atoms with Gasteiger partial charge in [-0.15, -0.1) is 11.8 Å². The van der Waals surface area contributed by atoms with Crippen LogP contribution in [0.15, 0.2) is 12.1 Å². The number of amides is 1. The largest absolute Gasteiger partial charge is 0.399 e. The molecule has 0 aliphatic heterocycles. The molecule has 112 valence electrons. The summed E-state index contributed by atoms with van der Waals surface area (Å²) in [7, 11) is 0. The molecule has 0 aliphatic carbocycles. The molecular weight excluding hydrogens is 319 g/mol. The van der Waals surface area contributed by atoms with Gasteiger partial charge < -0.3 is 16.2 Å². The summed E-state index contributed by atoms with van der Waals surface area (Å²) in [5.74, 6) is -0.226. The molecule has 1 aromatic carbocycles. The Morgan fingerprint density at radius 1 is 1.30 bits per heavy atom. The first kappa shape index (κ1) is 17.4. The molecule has 3 atom stereocenters. The first-order chi connectivity index (χ1) is 9.22. The molecule has 0 aliphatic rings. The summed E-state index contributed by atoms with van der Waals surface area (Å²) >= 11 is 13.4. The second-order valence-corrected chi connectivity index (χ2v) is 7.11. The van der Waals surface area contributed by atoms with Crippen LogP contribution in [-0.4, -0.2) is 27.6 Å². The van der Waals surface area contributed by atoms with E-state index >= 15 is 0 Å². The number of aliphatic hydroxyl groups excluding tert-OH is 1. The number of halogens is 2. The minimum absolute atomic E-state index is 0.0480. The lowest BCUT2D eigenvalue weighted by atomic mass is 10.2. The zero-order chi connectivity index (χ0) is 15.4. The van der Waals surface area contributed by atoms with Crippen molar-refractivity contribution in [2.24, 2.45) is 0 Å². The van der Waals surface area contributed by atoms with Crippen LogP contribution in [-0.2, 0) is 4.79 Å². The van der Waals surface area contributed by atoms with E-state index in [-0.39, 0.29) is 16.4 Å². The van der Waals surface area contributed by atoms with Crippen LogP contribution in [0.2, 0.25) is 10.0 Å². The minimum atomic E-state index is -0.487. The highest BCUT2D eigenvalue weighted by molar-refractivity contribution is 8.01. The first-order valence-corrected chi connectivity index (χ1v) is 7.81. The number of aliphatic hydroxyl groups is 1. The zero-order valence-corrected chi connectivity index (χ0v) is 13.8. The number of anilines is 2. The number of carbonyl (C=O) groups excluding carboxylic acids is 1. The van der Waals surface area contributed by atoms with Crippen LogP contribution in [0, 0.1) is 0 Å². The van der Waals surface area contributed by atoms with Gasteiger partial charge in [-0.3, -0.25) is 4.79 Å². The molecule has 7 heteroatoms. The highest BCUT2D eigenvalue weighted by Gasteiger charge is 2.21. The molecule has 1 rings (SSSR count). The van der Waals surface area contributed by atoms with Crippen molar-refractivity contribution in [3.8, 4) is 0 Å². The summed E-state index contributed by atoms with van der Waals surface area (Å²) in [5.41, 5.74) is 6.39. The number of rotatable bonds is 5. The molecule has 1 amide bonds. The van der Waals surface area contributed by atoms with Gasteiger partial charge in [-0.05, 0) is 26.0 Å². The number of nitrogen functional groups attached to an aromatic ring is 1. The third kappa shape index (κ3) is 4.74. The molecular formula is C13H18Cl2N2O2S. The lowest BCUT2D eigenvalue weighted by Crippen LogP contribution is -2.27. The molecule has 20 heavy (non-hydrogen) atoms. The van der Waals surface area contributed by atoms with Gasteiger partial charge in [0.1, 0.15) is 0 Å². The van der Waals surface area contributed by atoms with E-state index in [1.807, 2.05) is 6.92 Å². The van der Waals surface area contributed by atoms with Gasteiger partial charge >= 0.3 is 0 Å². The number of carbonyl (C=O) groups is 1. The van der Waals surface area contributed by atoms with Crippen molar-refractivity contribution in [3.63, 3.8) is 0 Å². The number of thioether (sulfide) groups is 1. The fraction of sp³-hybridized carbons (Fsp3) is 0.462. The van der Waals surface area contributed by atoms with Crippen LogP contribution in [0.5, 0.6) is 0 Å². The van der Waals surface area contributed by atoms with Crippen LogP contribution in [0.4, 0.5) is 11.4 Å². The van der Waals surface area contributed by atoms with Gasteiger partial charge in [0.2, 0.25) is 5.91 Å². The van der Waals surface area contributed by atoms with Crippen molar-refractivity contribution in [2.45, 2.75) is 37.4 Å². The Labute approximate surface area is 133 Å². The Bertz CT molecular complexity index is 474. The highest BCUT2D eigenvalue weighted by Crippen LogP contribution is 2.33. The molecule has 0 saturated carbocycles. The summed E-state index contributed by atoms with van der Waals surface area (Å²) in [5, 5.41) is 12.3. The van der Waals surface area contributed by atoms with Crippen LogP contribution in [0.25, 0.3) is 0 Å². The topological polar surface area (TPSA) is 75.3 Å². The second-order valence-electron chi connectivity index (χ2n) is 4.57. The van der Waals surface area contributed by atoms with Crippen LogP contribution in [0.3, 0.4) is 0 Å². The molecule has 1 aromatic rings. The number of nitrogens with two attached hydrogens (primary N) is 1. The number of hydrogen-bond acceptors (Lipinski definition) is 4. The van der Waals surface area contributed by atoms with Gasteiger partial charge in [0.25, 0.3) is 0 Å². The lowest BCUT2D eigenvalue weighted by Gasteiger charge is -2.19. The first-order valence-electron chi connectivity index (χ1n) is 6.11. The van der Waals surface area contributed by atoms with Crippen LogP contribution in [0.1, 0.15) is 20.8 Å². The Morgan fingerprint density at radius 2 is 1.80 bits per heavy atom. The third-order valence-corrected chi connectivity index (χ3v) is 4.82. The standard InChI is InChI=1S/C13H18Cl2N2O2S/c1-6(18)7(2)20-8(3)13(19)17-12-10(14)4-9(16)5-11(12)15/h4-8,18H,16H2,1-3H3,(H,17,19). The van der Waals surface area contributed by atoms with Gasteiger partial charge in [-0.25, -0.2) is 0 Å². The van der Waals surface area contributed by atoms with Crippen LogP contribution >= 0.6 is 35.0 Å². The Hall–Kier alpha value is -0.620. The van der Waals surface area contributed by atoms with E-state index in [9.17, 15) is 9.90 Å². The fourth-order valence-electron chi connectivity index (χ4n) is 1.43. The Morgan fingerprint density at radius 3 is 2.25 bits per heavy atom. The average Bonchev–Trinajstić information content (AvgIpc) is 2.32. The van der Waals surface area contributed by atoms with Crippen LogP contribution < -0.4 is 11.1 Å². The maximum Gasteiger partial charge on any atom is 0.237 e. The Balaban J connectivity index is 2.76. The normalized spacial score (nSPS) is 15.5. The van der Waals surface area contributed by atoms with E-state index in [0.29, 0.717) is 21.4 Å². The van der Waals surface area contributed by atoms with E-state index in [1.54, 1.807) is 13.8 Å². The van der Waals surface area contributed by atoms with Crippen molar-refractivity contribution in [3.05, 3.63) is 22.2 Å². The molecule has 0 aromatic heterocycles. The van der Waals surface area contributed by atoms with Crippen molar-refractivity contribution in [1.29, 1.82) is 0 Å². The quantitative estimate of drug-likeness (QED) is 0.720. The van der Waals surface area contributed by atoms with Gasteiger partial charge in [0.15, 0.2) is 0 Å². The molecule has 0 fully saturated rings. The summed E-state index contributed by atoms with van der Waals surface area (Å²) in [6, 6.07) is 3.05. The van der Waals surface area contributed by atoms with E-state index in [0.717, 1.165) is 0 Å². The monoisotopic (exact) mass is 336 g/mol. The van der Waals surface area contributed by atoms with Gasteiger partial charge in [-0.1, -0.05) is 30.1 Å². The molecule has 3 unspecified atom stereocenters. The number of benzene rings is 1. The number of nitrogens with one attached hydrogen (secondary N) is 1. The SMILES string of the molecule is CC(SC(C)C(C)O)C(=O)Nc1c(Cl)cc(N)cc1Cl. The van der Waals surface area contributed by atoms with Gasteiger partial charge in [0.05, 0.1) is 27.1 Å². The lowest BCUT2D eigenvalue weighted by molar-refractivity contribution is -0.115. The summed E-state index contributed by atoms with van der Waals surface area (Å²) in [4.78, 5) is 12.1. The van der Waals surface area contributed by atoms with Crippen molar-refractivity contribution in [2.75, 3.05) is 11.1 Å². The molecule has 0 saturated heterocycles. The van der Waals surface area contributed by atoms with Crippen molar-refractivity contribution >= 4 is 52.2 Å². The zero-order valence-electron chi connectivity index (χ0n) is 11.5. The molecule has 0 bridgehead atoms. The predicted molar refractivity (Wildman–Crippen MR) is 87.7 cm³/mol. The summed E-state index contributed by atoms with van der Waals surface area (Å²) < 4.78 is 0. The average molecular weight is 337 g/mol. The van der Waals surface area contributed by atoms with Crippen molar-refractivity contribution < 1.29 is 9.90 Å². The summed E-state index contributed by atoms with van der Waals surface area (Å²) in [6.07, 6.45) is -0.487. The number of hydrogen-bond donors (Lipinski definition) is 3. The molecule has 4 N–H and O–H groups in total. The van der Waals surface area contributed by atoms with E-state index in [1.165, 1.54) is 23.9 Å². The molecule has 0 heterocycles. The van der Waals surface area contributed by atoms with E-state index in [2.05, 4.69) is 5.32 Å². The third-order valence-electron chi connectivity index (χ3n) is 2.78. The maximum absolute atomic E-state index is 12.1. The smallest absolute Gasteiger partial charge is 0.237 e. The minimum Gasteiger partial charge on any atom is -0.399 e. The van der Waals surface area contributed by atoms with Crippen molar-refractivity contribution in [1.82, 2.24) is 0 Å². The van der Waals surface area contributed by atoms with Gasteiger partial charge in [-0.2, -0.15) is 0 Å². The highest BCUT2D eigenvalue weighted by atomic mass is 35.5. The predicted octanol–water partition coefficient (Wildman–Crippen LogP) is 3.41. The molecule has 0 spiro atoms. The molecule has 0 radical (unpaired) electrons. The van der Waals surface area contributed by atoms with E-state index < -0.39 is 6.10 Å². The molecule has 4 nitrogen and oxygen atoms in total. The Kier molecular flexibility index (Phi) is 6.45. The van der Waals surface area contributed by atoms with E-state index in [4.69, 9.17) is 28.9 Å². The second kappa shape index (κ2) is 7.41. The summed E-state index contributed by atoms with van der Waals surface area (Å²) in [6.45, 7) is 5.32. The maximum atomic E-state index is 12.1.